The van der Waals surface area contributed by atoms with Gasteiger partial charge in [0.2, 0.25) is 11.8 Å². The number of aliphatic hydroxyl groups is 3. The summed E-state index contributed by atoms with van der Waals surface area (Å²) in [5, 5.41) is 36.8. The van der Waals surface area contributed by atoms with Crippen molar-refractivity contribution < 1.29 is 33.9 Å². The molecule has 2 amide bonds. The first kappa shape index (κ1) is 34.8. The average Bonchev–Trinajstić information content (AvgIpc) is 2.93. The third-order valence-corrected chi connectivity index (χ3v) is 8.79. The predicted molar refractivity (Wildman–Crippen MR) is 167 cm³/mol. The molecule has 11 heteroatoms. The van der Waals surface area contributed by atoms with Crippen molar-refractivity contribution in [2.45, 2.75) is 81.8 Å². The van der Waals surface area contributed by atoms with Gasteiger partial charge in [-0.25, -0.2) is 0 Å². The van der Waals surface area contributed by atoms with Crippen LogP contribution in [0.4, 0.5) is 0 Å². The molecule has 0 aromatic heterocycles. The molecule has 0 saturated carbocycles. The van der Waals surface area contributed by atoms with Crippen LogP contribution in [0.25, 0.3) is 0 Å². The summed E-state index contributed by atoms with van der Waals surface area (Å²) in [6, 6.07) is 13.8. The quantitative estimate of drug-likeness (QED) is 0.226. The van der Waals surface area contributed by atoms with Gasteiger partial charge in [0, 0.05) is 25.8 Å². The van der Waals surface area contributed by atoms with Crippen LogP contribution in [-0.4, -0.2) is 99.0 Å². The van der Waals surface area contributed by atoms with Gasteiger partial charge in [-0.05, 0) is 81.9 Å². The molecule has 1 unspecified atom stereocenters. The number of nitrogens with zero attached hydrogens (tertiary/aromatic N) is 1. The fourth-order valence-electron chi connectivity index (χ4n) is 5.04. The van der Waals surface area contributed by atoms with Crippen molar-refractivity contribution >= 4 is 22.6 Å². The zero-order chi connectivity index (χ0) is 31.9. The maximum Gasteiger partial charge on any atom is 0.245 e. The van der Waals surface area contributed by atoms with Crippen molar-refractivity contribution in [1.82, 2.24) is 15.5 Å². The summed E-state index contributed by atoms with van der Waals surface area (Å²) in [6.07, 6.45) is -1.48. The SMILES string of the molecule is Cc1ccc([C@@H]2O[C@H](S(C)=O)[C@@H](O)[C@H](O)[C@H]2O)cc1Cc1ccc(CCCC(=O)NC(C)(C)C(=O)NCCN(C)C)cc1. The van der Waals surface area contributed by atoms with Crippen LogP contribution >= 0.6 is 0 Å². The van der Waals surface area contributed by atoms with E-state index < -0.39 is 46.2 Å². The highest BCUT2D eigenvalue weighted by Crippen LogP contribution is 2.34. The molecule has 5 N–H and O–H groups in total. The van der Waals surface area contributed by atoms with Crippen molar-refractivity contribution in [3.63, 3.8) is 0 Å². The summed E-state index contributed by atoms with van der Waals surface area (Å²) >= 11 is 0. The molecule has 1 fully saturated rings. The third-order valence-electron chi connectivity index (χ3n) is 7.75. The Bertz CT molecular complexity index is 1270. The normalized spacial score (nSPS) is 23.2. The first-order valence-electron chi connectivity index (χ1n) is 14.6. The highest BCUT2D eigenvalue weighted by atomic mass is 32.2. The summed E-state index contributed by atoms with van der Waals surface area (Å²) in [7, 11) is 2.31. The lowest BCUT2D eigenvalue weighted by Gasteiger charge is -2.40. The lowest BCUT2D eigenvalue weighted by molar-refractivity contribution is -0.201. The molecular formula is C32H47N3O7S. The second kappa shape index (κ2) is 15.4. The molecule has 0 spiro atoms. The largest absolute Gasteiger partial charge is 0.387 e. The van der Waals surface area contributed by atoms with Gasteiger partial charge in [-0.2, -0.15) is 0 Å². The Kier molecular flexibility index (Phi) is 12.4. The first-order chi connectivity index (χ1) is 20.2. The maximum absolute atomic E-state index is 12.5. The number of aliphatic hydroxyl groups excluding tert-OH is 3. The molecule has 238 valence electrons. The zero-order valence-corrected chi connectivity index (χ0v) is 26.8. The summed E-state index contributed by atoms with van der Waals surface area (Å²) in [4.78, 5) is 26.9. The van der Waals surface area contributed by atoms with Gasteiger partial charge in [-0.15, -0.1) is 0 Å². The van der Waals surface area contributed by atoms with E-state index in [1.807, 2.05) is 68.4 Å². The van der Waals surface area contributed by atoms with Gasteiger partial charge >= 0.3 is 0 Å². The second-order valence-electron chi connectivity index (χ2n) is 12.2. The highest BCUT2D eigenvalue weighted by Gasteiger charge is 2.45. The van der Waals surface area contributed by atoms with Crippen LogP contribution in [0.2, 0.25) is 0 Å². The number of nitrogens with one attached hydrogen (secondary N) is 2. The Morgan fingerprint density at radius 2 is 1.65 bits per heavy atom. The van der Waals surface area contributed by atoms with E-state index in [0.29, 0.717) is 31.4 Å². The summed E-state index contributed by atoms with van der Waals surface area (Å²) < 4.78 is 17.8. The highest BCUT2D eigenvalue weighted by molar-refractivity contribution is 7.84. The lowest BCUT2D eigenvalue weighted by atomic mass is 9.91. The van der Waals surface area contributed by atoms with Gasteiger partial charge in [-0.1, -0.05) is 42.5 Å². The Morgan fingerprint density at radius 3 is 2.28 bits per heavy atom. The van der Waals surface area contributed by atoms with Crippen molar-refractivity contribution in [2.24, 2.45) is 0 Å². The standard InChI is InChI=1S/C32H47N3O7S/c1-20-10-15-23(29-27(38)26(37)28(39)30(42-29)43(6)41)19-24(20)18-22-13-11-21(12-14-22)8-7-9-25(36)34-32(2,3)31(40)33-16-17-35(4)5/h10-15,19,26-30,37-39H,7-9,16-18H2,1-6H3,(H,33,40)(H,34,36)/t26-,27-,28+,29+,30-,43?/m1/s1. The Labute approximate surface area is 257 Å². The van der Waals surface area contributed by atoms with E-state index in [-0.39, 0.29) is 11.8 Å². The van der Waals surface area contributed by atoms with Crippen molar-refractivity contribution in [2.75, 3.05) is 33.4 Å². The van der Waals surface area contributed by atoms with Crippen LogP contribution in [0.15, 0.2) is 42.5 Å². The van der Waals surface area contributed by atoms with Crippen molar-refractivity contribution in [3.8, 4) is 0 Å². The smallest absolute Gasteiger partial charge is 0.245 e. The number of carbonyl (C=O) groups excluding carboxylic acids is 2. The van der Waals surface area contributed by atoms with Crippen LogP contribution < -0.4 is 10.6 Å². The van der Waals surface area contributed by atoms with Crippen LogP contribution in [0, 0.1) is 6.92 Å². The van der Waals surface area contributed by atoms with E-state index in [0.717, 1.165) is 35.2 Å². The minimum atomic E-state index is -1.55. The molecule has 1 saturated heterocycles. The number of ether oxygens (including phenoxy) is 1. The van der Waals surface area contributed by atoms with Gasteiger partial charge in [0.25, 0.3) is 0 Å². The average molecular weight is 618 g/mol. The summed E-state index contributed by atoms with van der Waals surface area (Å²) in [5.41, 5.74) is 2.80. The first-order valence-corrected chi connectivity index (χ1v) is 16.2. The number of hydrogen-bond acceptors (Lipinski definition) is 8. The summed E-state index contributed by atoms with van der Waals surface area (Å²) in [5.74, 6) is -0.371. The van der Waals surface area contributed by atoms with Gasteiger partial charge in [0.1, 0.15) is 30.0 Å². The predicted octanol–water partition coefficient (Wildman–Crippen LogP) is 1.34. The lowest BCUT2D eigenvalue weighted by Crippen LogP contribution is -2.55. The molecule has 6 atom stereocenters. The minimum Gasteiger partial charge on any atom is -0.387 e. The molecule has 2 aromatic carbocycles. The summed E-state index contributed by atoms with van der Waals surface area (Å²) in [6.45, 7) is 6.64. The number of benzene rings is 2. The molecule has 3 rings (SSSR count). The number of rotatable bonds is 13. The number of likely N-dealkylation sites (N-methyl/N-ethyl adjacent to an activating group) is 1. The van der Waals surface area contributed by atoms with Crippen LogP contribution in [0.5, 0.6) is 0 Å². The zero-order valence-electron chi connectivity index (χ0n) is 26.0. The molecule has 10 nitrogen and oxygen atoms in total. The van der Waals surface area contributed by atoms with E-state index in [1.54, 1.807) is 13.8 Å². The number of aryl methyl sites for hydroxylation is 2. The van der Waals surface area contributed by atoms with Crippen LogP contribution in [0.3, 0.4) is 0 Å². The van der Waals surface area contributed by atoms with E-state index in [4.69, 9.17) is 4.74 Å². The fraction of sp³-hybridized carbons (Fsp3) is 0.562. The van der Waals surface area contributed by atoms with Gasteiger partial charge in [0.05, 0.1) is 10.8 Å². The van der Waals surface area contributed by atoms with Gasteiger partial charge < -0.3 is 35.6 Å². The molecule has 0 radical (unpaired) electrons. The van der Waals surface area contributed by atoms with Crippen molar-refractivity contribution in [3.05, 3.63) is 70.3 Å². The minimum absolute atomic E-state index is 0.162. The van der Waals surface area contributed by atoms with Gasteiger partial charge in [-0.3, -0.25) is 13.8 Å². The molecule has 2 aromatic rings. The van der Waals surface area contributed by atoms with Crippen molar-refractivity contribution in [1.29, 1.82) is 0 Å². The van der Waals surface area contributed by atoms with Crippen LogP contribution in [0.1, 0.15) is 60.6 Å². The molecule has 0 aliphatic carbocycles. The molecule has 1 heterocycles. The molecule has 1 aliphatic heterocycles. The van der Waals surface area contributed by atoms with Crippen LogP contribution in [-0.2, 0) is 38.0 Å². The Morgan fingerprint density at radius 1 is 1.00 bits per heavy atom. The molecule has 1 aliphatic rings. The fourth-order valence-corrected chi connectivity index (χ4v) is 5.87. The number of hydrogen-bond donors (Lipinski definition) is 5. The maximum atomic E-state index is 12.5. The number of carbonyl (C=O) groups is 2. The molecule has 43 heavy (non-hydrogen) atoms. The monoisotopic (exact) mass is 617 g/mol. The Hall–Kier alpha value is -2.67. The molecule has 0 bridgehead atoms. The second-order valence-corrected chi connectivity index (χ2v) is 13.6. The van der Waals surface area contributed by atoms with E-state index in [9.17, 15) is 29.1 Å². The topological polar surface area (TPSA) is 148 Å². The number of amides is 2. The van der Waals surface area contributed by atoms with E-state index >= 15 is 0 Å². The molecular weight excluding hydrogens is 570 g/mol. The van der Waals surface area contributed by atoms with Gasteiger partial charge in [0.15, 0.2) is 5.44 Å². The third kappa shape index (κ3) is 9.66. The Balaban J connectivity index is 1.55. The van der Waals surface area contributed by atoms with E-state index in [1.165, 1.54) is 6.26 Å². The van der Waals surface area contributed by atoms with E-state index in [2.05, 4.69) is 10.6 Å².